The van der Waals surface area contributed by atoms with Crippen LogP contribution >= 0.6 is 0 Å². The van der Waals surface area contributed by atoms with Crippen LogP contribution in [0.15, 0.2) is 48.5 Å². The largest absolute Gasteiger partial charge is 0.534 e. The van der Waals surface area contributed by atoms with Gasteiger partial charge in [-0.05, 0) is 41.7 Å². The Kier molecular flexibility index (Phi) is 4.67. The summed E-state index contributed by atoms with van der Waals surface area (Å²) in [4.78, 5) is 11.9. The Bertz CT molecular complexity index is 944. The van der Waals surface area contributed by atoms with Crippen molar-refractivity contribution in [1.82, 2.24) is 0 Å². The van der Waals surface area contributed by atoms with Crippen molar-refractivity contribution in [2.75, 3.05) is 7.11 Å². The van der Waals surface area contributed by atoms with E-state index in [2.05, 4.69) is 4.18 Å². The van der Waals surface area contributed by atoms with Gasteiger partial charge in [0, 0.05) is 0 Å². The highest BCUT2D eigenvalue weighted by atomic mass is 32.2. The van der Waals surface area contributed by atoms with E-state index in [4.69, 9.17) is 4.74 Å². The van der Waals surface area contributed by atoms with Crippen molar-refractivity contribution >= 4 is 16.1 Å². The molecular formula is C18H15F3O5S. The van der Waals surface area contributed by atoms with Gasteiger partial charge in [-0.3, -0.25) is 4.79 Å². The van der Waals surface area contributed by atoms with E-state index in [1.54, 1.807) is 24.3 Å². The SMILES string of the molecule is COC(=O)C1(c2ccc(-c3ccc(OS(=O)(=O)C(F)(F)F)cc3)cc2)CC1. The molecule has 0 heterocycles. The smallest absolute Gasteiger partial charge is 0.468 e. The number of hydrogen-bond acceptors (Lipinski definition) is 5. The third kappa shape index (κ3) is 3.64. The standard InChI is InChI=1S/C18H15F3O5S/c1-25-16(22)17(10-11-17)14-6-2-12(3-7-14)13-4-8-15(9-5-13)26-27(23,24)18(19,20)21/h2-9H,10-11H2,1H3. The molecule has 0 atom stereocenters. The minimum absolute atomic E-state index is 0.275. The molecule has 9 heteroatoms. The normalized spacial score (nSPS) is 15.9. The van der Waals surface area contributed by atoms with Gasteiger partial charge in [-0.15, -0.1) is 0 Å². The number of carbonyl (C=O) groups excluding carboxylic acids is 1. The van der Waals surface area contributed by atoms with Gasteiger partial charge in [0.05, 0.1) is 12.5 Å². The quantitative estimate of drug-likeness (QED) is 0.434. The maximum atomic E-state index is 12.3. The zero-order chi connectivity index (χ0) is 19.9. The fourth-order valence-corrected chi connectivity index (χ4v) is 3.25. The molecule has 0 radical (unpaired) electrons. The molecule has 27 heavy (non-hydrogen) atoms. The van der Waals surface area contributed by atoms with Crippen LogP contribution in [-0.2, 0) is 25.1 Å². The molecule has 1 fully saturated rings. The fourth-order valence-electron chi connectivity index (χ4n) is 2.79. The Balaban J connectivity index is 1.77. The van der Waals surface area contributed by atoms with Gasteiger partial charge in [0.25, 0.3) is 0 Å². The van der Waals surface area contributed by atoms with Gasteiger partial charge in [0.1, 0.15) is 5.75 Å². The number of alkyl halides is 3. The summed E-state index contributed by atoms with van der Waals surface area (Å²) < 4.78 is 67.9. The van der Waals surface area contributed by atoms with Crippen molar-refractivity contribution in [1.29, 1.82) is 0 Å². The molecule has 1 aliphatic carbocycles. The van der Waals surface area contributed by atoms with Crippen LogP contribution in [-0.4, -0.2) is 27.0 Å². The zero-order valence-corrected chi connectivity index (χ0v) is 14.9. The highest BCUT2D eigenvalue weighted by Crippen LogP contribution is 2.49. The lowest BCUT2D eigenvalue weighted by Crippen LogP contribution is -2.28. The van der Waals surface area contributed by atoms with Crippen LogP contribution in [0, 0.1) is 0 Å². The number of halogens is 3. The van der Waals surface area contributed by atoms with Gasteiger partial charge in [-0.25, -0.2) is 0 Å². The van der Waals surface area contributed by atoms with Gasteiger partial charge in [0.2, 0.25) is 0 Å². The first-order valence-corrected chi connectivity index (χ1v) is 9.30. The van der Waals surface area contributed by atoms with Crippen LogP contribution in [0.3, 0.4) is 0 Å². The van der Waals surface area contributed by atoms with Gasteiger partial charge in [0.15, 0.2) is 0 Å². The van der Waals surface area contributed by atoms with Crippen LogP contribution in [0.5, 0.6) is 5.75 Å². The number of esters is 1. The predicted octanol–water partition coefficient (Wildman–Crippen LogP) is 3.79. The Labute approximate surface area is 153 Å². The molecule has 0 bridgehead atoms. The molecule has 0 amide bonds. The molecule has 0 saturated heterocycles. The highest BCUT2D eigenvalue weighted by molar-refractivity contribution is 7.88. The van der Waals surface area contributed by atoms with Crippen molar-refractivity contribution in [3.8, 4) is 16.9 Å². The second kappa shape index (κ2) is 6.56. The van der Waals surface area contributed by atoms with E-state index >= 15 is 0 Å². The Morgan fingerprint density at radius 1 is 0.963 bits per heavy atom. The molecule has 1 saturated carbocycles. The van der Waals surface area contributed by atoms with Gasteiger partial charge < -0.3 is 8.92 Å². The lowest BCUT2D eigenvalue weighted by Gasteiger charge is -2.13. The van der Waals surface area contributed by atoms with Crippen molar-refractivity contribution in [3.05, 3.63) is 54.1 Å². The van der Waals surface area contributed by atoms with E-state index in [1.165, 1.54) is 19.2 Å². The molecule has 0 spiro atoms. The Hall–Kier alpha value is -2.55. The Morgan fingerprint density at radius 2 is 1.44 bits per heavy atom. The van der Waals surface area contributed by atoms with Crippen LogP contribution in [0.4, 0.5) is 13.2 Å². The van der Waals surface area contributed by atoms with Crippen molar-refractivity contribution in [2.24, 2.45) is 0 Å². The van der Waals surface area contributed by atoms with Crippen molar-refractivity contribution in [3.63, 3.8) is 0 Å². The zero-order valence-electron chi connectivity index (χ0n) is 14.1. The molecule has 3 rings (SSSR count). The summed E-state index contributed by atoms with van der Waals surface area (Å²) in [7, 11) is -4.35. The third-order valence-electron chi connectivity index (χ3n) is 4.44. The lowest BCUT2D eigenvalue weighted by atomic mass is 9.94. The van der Waals surface area contributed by atoms with Gasteiger partial charge >= 0.3 is 21.6 Å². The van der Waals surface area contributed by atoms with Crippen molar-refractivity contribution < 1.29 is 35.3 Å². The second-order valence-corrected chi connectivity index (χ2v) is 7.70. The number of benzene rings is 2. The van der Waals surface area contributed by atoms with E-state index < -0.39 is 26.8 Å². The first kappa shape index (κ1) is 19.2. The number of rotatable bonds is 5. The molecule has 0 N–H and O–H groups in total. The van der Waals surface area contributed by atoms with E-state index in [1.807, 2.05) is 0 Å². The average Bonchev–Trinajstić information content (AvgIpc) is 3.42. The molecule has 5 nitrogen and oxygen atoms in total. The van der Waals surface area contributed by atoms with Gasteiger partial charge in [-0.1, -0.05) is 36.4 Å². The maximum Gasteiger partial charge on any atom is 0.534 e. The summed E-state index contributed by atoms with van der Waals surface area (Å²) in [6, 6.07) is 12.3. The fraction of sp³-hybridized carbons (Fsp3) is 0.278. The predicted molar refractivity (Wildman–Crippen MR) is 90.4 cm³/mol. The van der Waals surface area contributed by atoms with Crippen LogP contribution in [0.2, 0.25) is 0 Å². The number of ether oxygens (including phenoxy) is 1. The molecular weight excluding hydrogens is 385 g/mol. The molecule has 2 aromatic rings. The summed E-state index contributed by atoms with van der Waals surface area (Å²) >= 11 is 0. The number of methoxy groups -OCH3 is 1. The maximum absolute atomic E-state index is 12.3. The van der Waals surface area contributed by atoms with E-state index in [-0.39, 0.29) is 5.97 Å². The van der Waals surface area contributed by atoms with E-state index in [0.29, 0.717) is 5.56 Å². The Morgan fingerprint density at radius 3 is 1.85 bits per heavy atom. The van der Waals surface area contributed by atoms with E-state index in [9.17, 15) is 26.4 Å². The summed E-state index contributed by atoms with van der Waals surface area (Å²) in [6.45, 7) is 0. The van der Waals surface area contributed by atoms with Crippen LogP contribution < -0.4 is 4.18 Å². The molecule has 1 aliphatic rings. The summed E-state index contributed by atoms with van der Waals surface area (Å²) in [6.07, 6.45) is 1.44. The summed E-state index contributed by atoms with van der Waals surface area (Å²) in [5, 5.41) is 0. The first-order valence-electron chi connectivity index (χ1n) is 7.89. The second-order valence-electron chi connectivity index (χ2n) is 6.16. The van der Waals surface area contributed by atoms with Gasteiger partial charge in [-0.2, -0.15) is 21.6 Å². The molecule has 0 aromatic heterocycles. The van der Waals surface area contributed by atoms with Crippen LogP contribution in [0.25, 0.3) is 11.1 Å². The summed E-state index contributed by atoms with van der Waals surface area (Å²) in [5.74, 6) is -0.710. The topological polar surface area (TPSA) is 69.7 Å². The minimum atomic E-state index is -5.70. The highest BCUT2D eigenvalue weighted by Gasteiger charge is 2.52. The number of hydrogen-bond donors (Lipinski definition) is 0. The van der Waals surface area contributed by atoms with Crippen LogP contribution in [0.1, 0.15) is 18.4 Å². The lowest BCUT2D eigenvalue weighted by molar-refractivity contribution is -0.143. The molecule has 0 unspecified atom stereocenters. The molecule has 0 aliphatic heterocycles. The third-order valence-corrected chi connectivity index (χ3v) is 5.42. The monoisotopic (exact) mass is 400 g/mol. The summed E-state index contributed by atoms with van der Waals surface area (Å²) in [5.41, 5.74) is -3.82. The first-order chi connectivity index (χ1) is 12.6. The molecule has 2 aromatic carbocycles. The van der Waals surface area contributed by atoms with Crippen molar-refractivity contribution in [2.45, 2.75) is 23.8 Å². The average molecular weight is 400 g/mol. The van der Waals surface area contributed by atoms with E-state index in [0.717, 1.165) is 36.1 Å². The molecule has 144 valence electrons. The minimum Gasteiger partial charge on any atom is -0.468 e. The number of carbonyl (C=O) groups is 1.